The van der Waals surface area contributed by atoms with E-state index in [1.54, 1.807) is 17.4 Å². The van der Waals surface area contributed by atoms with Gasteiger partial charge in [-0.2, -0.15) is 0 Å². The van der Waals surface area contributed by atoms with Gasteiger partial charge in [0.2, 0.25) is 0 Å². The van der Waals surface area contributed by atoms with E-state index < -0.39 is 0 Å². The minimum absolute atomic E-state index is 0.0612. The molecule has 0 fully saturated rings. The average Bonchev–Trinajstić information content (AvgIpc) is 2.91. The van der Waals surface area contributed by atoms with Crippen molar-refractivity contribution in [3.63, 3.8) is 0 Å². The van der Waals surface area contributed by atoms with Crippen LogP contribution in [0.4, 0.5) is 0 Å². The van der Waals surface area contributed by atoms with Gasteiger partial charge in [0.1, 0.15) is 5.75 Å². The van der Waals surface area contributed by atoms with Gasteiger partial charge in [0, 0.05) is 11.3 Å². The van der Waals surface area contributed by atoms with Gasteiger partial charge in [-0.1, -0.05) is 17.3 Å². The van der Waals surface area contributed by atoms with Crippen molar-refractivity contribution in [3.05, 3.63) is 51.7 Å². The highest BCUT2D eigenvalue weighted by Gasteiger charge is 2.08. The molecule has 4 nitrogen and oxygen atoms in total. The summed E-state index contributed by atoms with van der Waals surface area (Å²) in [7, 11) is 0. The second kappa shape index (κ2) is 6.24. The highest BCUT2D eigenvalue weighted by Crippen LogP contribution is 2.21. The number of rotatable bonds is 5. The molecule has 0 bridgehead atoms. The van der Waals surface area contributed by atoms with Crippen LogP contribution in [0.5, 0.6) is 5.75 Å². The van der Waals surface area contributed by atoms with Gasteiger partial charge in [-0.05, 0) is 36.1 Å². The molecule has 2 rings (SSSR count). The van der Waals surface area contributed by atoms with E-state index in [0.717, 1.165) is 12.0 Å². The fourth-order valence-corrected chi connectivity index (χ4v) is 2.42. The molecule has 0 spiro atoms. The molecule has 5 heteroatoms. The molecule has 19 heavy (non-hydrogen) atoms. The van der Waals surface area contributed by atoms with E-state index in [4.69, 9.17) is 15.7 Å². The maximum absolute atomic E-state index is 8.77. The van der Waals surface area contributed by atoms with Crippen molar-refractivity contribution >= 4 is 17.2 Å². The Labute approximate surface area is 116 Å². The molecule has 3 N–H and O–H groups in total. The van der Waals surface area contributed by atoms with Crippen molar-refractivity contribution in [1.82, 2.24) is 0 Å². The van der Waals surface area contributed by atoms with Gasteiger partial charge in [0.05, 0.1) is 12.2 Å². The molecular formula is C14H16N2O2S. The van der Waals surface area contributed by atoms with Crippen LogP contribution in [-0.2, 0) is 6.42 Å². The van der Waals surface area contributed by atoms with E-state index in [0.29, 0.717) is 17.9 Å². The molecule has 0 saturated heterocycles. The summed E-state index contributed by atoms with van der Waals surface area (Å²) in [5.41, 5.74) is 7.31. The Morgan fingerprint density at radius 3 is 2.95 bits per heavy atom. The first-order valence-corrected chi connectivity index (χ1v) is 6.82. The Hall–Kier alpha value is -2.01. The topological polar surface area (TPSA) is 67.8 Å². The number of hydrogen-bond acceptors (Lipinski definition) is 4. The lowest BCUT2D eigenvalue weighted by Gasteiger charge is -2.11. The minimum atomic E-state index is 0.0612. The number of nitrogens with zero attached hydrogens (tertiary/aromatic N) is 1. The zero-order valence-electron chi connectivity index (χ0n) is 10.7. The molecule has 0 radical (unpaired) electrons. The molecule has 1 aromatic carbocycles. The Balaban J connectivity index is 2.08. The first-order valence-electron chi connectivity index (χ1n) is 5.94. The van der Waals surface area contributed by atoms with Crippen molar-refractivity contribution in [2.75, 3.05) is 6.61 Å². The van der Waals surface area contributed by atoms with E-state index in [2.05, 4.69) is 11.2 Å². The minimum Gasteiger partial charge on any atom is -0.492 e. The molecule has 0 amide bonds. The molecule has 0 saturated carbocycles. The van der Waals surface area contributed by atoms with Gasteiger partial charge in [-0.15, -0.1) is 11.3 Å². The molecule has 0 atom stereocenters. The molecule has 2 aromatic rings. The second-order valence-corrected chi connectivity index (χ2v) is 5.19. The summed E-state index contributed by atoms with van der Waals surface area (Å²) in [6.07, 6.45) is 0.848. The normalized spacial score (nSPS) is 11.5. The van der Waals surface area contributed by atoms with Crippen molar-refractivity contribution < 1.29 is 9.94 Å². The maximum atomic E-state index is 8.77. The fourth-order valence-electron chi connectivity index (χ4n) is 1.73. The number of aryl methyl sites for hydroxylation is 1. The molecule has 100 valence electrons. The van der Waals surface area contributed by atoms with Crippen molar-refractivity contribution in [2.45, 2.75) is 13.3 Å². The molecule has 0 unspecified atom stereocenters. The van der Waals surface area contributed by atoms with Crippen LogP contribution in [-0.4, -0.2) is 17.6 Å². The third-order valence-corrected chi connectivity index (χ3v) is 3.64. The number of hydrogen-bond donors (Lipinski definition) is 2. The summed E-state index contributed by atoms with van der Waals surface area (Å²) in [6, 6.07) is 9.69. The number of ether oxygens (including phenoxy) is 1. The summed E-state index contributed by atoms with van der Waals surface area (Å²) in [4.78, 5) is 1.28. The largest absolute Gasteiger partial charge is 0.492 e. The third-order valence-electron chi connectivity index (χ3n) is 2.71. The summed E-state index contributed by atoms with van der Waals surface area (Å²) in [5.74, 6) is 0.706. The van der Waals surface area contributed by atoms with E-state index in [-0.39, 0.29) is 5.84 Å². The Bertz CT molecular complexity index is 565. The Morgan fingerprint density at radius 2 is 2.26 bits per heavy atom. The highest BCUT2D eigenvalue weighted by atomic mass is 32.1. The van der Waals surface area contributed by atoms with Crippen LogP contribution in [0.3, 0.4) is 0 Å². The number of benzene rings is 1. The van der Waals surface area contributed by atoms with Crippen LogP contribution in [0.25, 0.3) is 0 Å². The van der Waals surface area contributed by atoms with Gasteiger partial charge in [-0.3, -0.25) is 0 Å². The lowest BCUT2D eigenvalue weighted by molar-refractivity contribution is 0.314. The standard InChI is InChI=1S/C14H16N2O2S/c1-10-4-5-12(14(15)16-17)13(9-10)18-7-6-11-3-2-8-19-11/h2-5,8-9,17H,6-7H2,1H3,(H2,15,16). The zero-order valence-corrected chi connectivity index (χ0v) is 11.5. The lowest BCUT2D eigenvalue weighted by Crippen LogP contribution is -2.15. The smallest absolute Gasteiger partial charge is 0.173 e. The van der Waals surface area contributed by atoms with E-state index in [1.165, 1.54) is 4.88 Å². The SMILES string of the molecule is Cc1ccc(C(N)=NO)c(OCCc2cccs2)c1. The van der Waals surface area contributed by atoms with Gasteiger partial charge < -0.3 is 15.7 Å². The van der Waals surface area contributed by atoms with Crippen molar-refractivity contribution in [1.29, 1.82) is 0 Å². The number of nitrogens with two attached hydrogens (primary N) is 1. The zero-order chi connectivity index (χ0) is 13.7. The molecule has 0 aliphatic heterocycles. The van der Waals surface area contributed by atoms with Gasteiger partial charge >= 0.3 is 0 Å². The van der Waals surface area contributed by atoms with Gasteiger partial charge in [0.25, 0.3) is 0 Å². The average molecular weight is 276 g/mol. The monoisotopic (exact) mass is 276 g/mol. The third kappa shape index (κ3) is 3.48. The predicted octanol–water partition coefficient (Wildman–Crippen LogP) is 2.77. The Morgan fingerprint density at radius 1 is 1.42 bits per heavy atom. The summed E-state index contributed by atoms with van der Waals surface area (Å²) in [6.45, 7) is 2.54. The van der Waals surface area contributed by atoms with Crippen LogP contribution >= 0.6 is 11.3 Å². The van der Waals surface area contributed by atoms with E-state index >= 15 is 0 Å². The van der Waals surface area contributed by atoms with Gasteiger partial charge in [0.15, 0.2) is 5.84 Å². The number of oxime groups is 1. The molecule has 0 aliphatic carbocycles. The molecule has 0 aliphatic rings. The van der Waals surface area contributed by atoms with E-state index in [9.17, 15) is 0 Å². The van der Waals surface area contributed by atoms with E-state index in [1.807, 2.05) is 30.5 Å². The summed E-state index contributed by atoms with van der Waals surface area (Å²) in [5, 5.41) is 13.8. The van der Waals surface area contributed by atoms with Crippen molar-refractivity contribution in [2.24, 2.45) is 10.9 Å². The number of thiophene rings is 1. The van der Waals surface area contributed by atoms with Gasteiger partial charge in [-0.25, -0.2) is 0 Å². The summed E-state index contributed by atoms with van der Waals surface area (Å²) < 4.78 is 5.75. The molecular weight excluding hydrogens is 260 g/mol. The van der Waals surface area contributed by atoms with Crippen LogP contribution in [0, 0.1) is 6.92 Å². The van der Waals surface area contributed by atoms with Crippen molar-refractivity contribution in [3.8, 4) is 5.75 Å². The lowest BCUT2D eigenvalue weighted by atomic mass is 10.1. The second-order valence-electron chi connectivity index (χ2n) is 4.16. The highest BCUT2D eigenvalue weighted by molar-refractivity contribution is 7.09. The van der Waals surface area contributed by atoms with Crippen LogP contribution < -0.4 is 10.5 Å². The Kier molecular flexibility index (Phi) is 4.41. The fraction of sp³-hybridized carbons (Fsp3) is 0.214. The van der Waals surface area contributed by atoms with Crippen LogP contribution in [0.1, 0.15) is 16.0 Å². The first kappa shape index (κ1) is 13.4. The first-order chi connectivity index (χ1) is 9.20. The predicted molar refractivity (Wildman–Crippen MR) is 77.2 cm³/mol. The van der Waals surface area contributed by atoms with Crippen LogP contribution in [0.15, 0.2) is 40.9 Å². The molecule has 1 aromatic heterocycles. The quantitative estimate of drug-likeness (QED) is 0.382. The molecule has 1 heterocycles. The number of amidine groups is 1. The maximum Gasteiger partial charge on any atom is 0.173 e. The van der Waals surface area contributed by atoms with Crippen LogP contribution in [0.2, 0.25) is 0 Å². The summed E-state index contributed by atoms with van der Waals surface area (Å²) >= 11 is 1.71.